The van der Waals surface area contributed by atoms with Crippen LogP contribution < -0.4 is 5.32 Å². The van der Waals surface area contributed by atoms with Crippen LogP contribution in [-0.4, -0.2) is 26.3 Å². The summed E-state index contributed by atoms with van der Waals surface area (Å²) in [6.45, 7) is 7.26. The van der Waals surface area contributed by atoms with Crippen molar-refractivity contribution in [3.63, 3.8) is 0 Å². The predicted octanol–water partition coefficient (Wildman–Crippen LogP) is 1.55. The van der Waals surface area contributed by atoms with E-state index in [1.165, 1.54) is 6.42 Å². The maximum Gasteiger partial charge on any atom is 0.0666 e. The summed E-state index contributed by atoms with van der Waals surface area (Å²) in [6, 6.07) is 2.17. The van der Waals surface area contributed by atoms with Crippen molar-refractivity contribution in [2.45, 2.75) is 26.7 Å². The quantitative estimate of drug-likeness (QED) is 0.582. The molecule has 0 aliphatic carbocycles. The second-order valence-corrected chi connectivity index (χ2v) is 3.20. The molecule has 1 unspecified atom stereocenters. The van der Waals surface area contributed by atoms with Gasteiger partial charge in [0.05, 0.1) is 18.6 Å². The molecule has 0 saturated heterocycles. The third kappa shape index (κ3) is 9.32. The summed E-state index contributed by atoms with van der Waals surface area (Å²) in [4.78, 5) is 0. The molecule has 0 amide bonds. The van der Waals surface area contributed by atoms with Crippen molar-refractivity contribution in [1.29, 1.82) is 5.26 Å². The van der Waals surface area contributed by atoms with Gasteiger partial charge in [0, 0.05) is 19.7 Å². The predicted molar refractivity (Wildman–Crippen MR) is 53.4 cm³/mol. The van der Waals surface area contributed by atoms with Crippen LogP contribution in [0.15, 0.2) is 0 Å². The lowest BCUT2D eigenvalue weighted by Crippen LogP contribution is -2.24. The molecule has 3 nitrogen and oxygen atoms in total. The molecule has 0 heterocycles. The molecule has 0 aromatic heterocycles. The zero-order valence-corrected chi connectivity index (χ0v) is 8.68. The molecule has 0 aromatic rings. The third-order valence-corrected chi connectivity index (χ3v) is 1.74. The van der Waals surface area contributed by atoms with Crippen LogP contribution in [0.3, 0.4) is 0 Å². The summed E-state index contributed by atoms with van der Waals surface area (Å²) in [5.41, 5.74) is 0. The maximum absolute atomic E-state index is 8.49. The summed E-state index contributed by atoms with van der Waals surface area (Å²) >= 11 is 0. The van der Waals surface area contributed by atoms with Crippen LogP contribution >= 0.6 is 0 Å². The smallest absolute Gasteiger partial charge is 0.0666 e. The fraction of sp³-hybridized carbons (Fsp3) is 0.900. The molecule has 76 valence electrons. The van der Waals surface area contributed by atoms with Gasteiger partial charge in [0.25, 0.3) is 0 Å². The molecule has 0 rings (SSSR count). The van der Waals surface area contributed by atoms with Crippen LogP contribution in [0, 0.1) is 17.2 Å². The minimum absolute atomic E-state index is 0.0932. The largest absolute Gasteiger partial charge is 0.380 e. The van der Waals surface area contributed by atoms with Crippen LogP contribution in [0.1, 0.15) is 26.7 Å². The highest BCUT2D eigenvalue weighted by atomic mass is 16.5. The van der Waals surface area contributed by atoms with Gasteiger partial charge < -0.3 is 10.1 Å². The minimum Gasteiger partial charge on any atom is -0.380 e. The Hall–Kier alpha value is -0.590. The first-order chi connectivity index (χ1) is 6.31. The first-order valence-corrected chi connectivity index (χ1v) is 4.99. The SMILES string of the molecule is CCCCOCCNCC(C)C#N. The second-order valence-electron chi connectivity index (χ2n) is 3.20. The zero-order chi connectivity index (χ0) is 9.94. The first kappa shape index (κ1) is 12.4. The van der Waals surface area contributed by atoms with Crippen LogP contribution in [0.25, 0.3) is 0 Å². The summed E-state index contributed by atoms with van der Waals surface area (Å²) in [5.74, 6) is 0.0932. The van der Waals surface area contributed by atoms with E-state index in [-0.39, 0.29) is 5.92 Å². The summed E-state index contributed by atoms with van der Waals surface area (Å²) in [7, 11) is 0. The number of nitrogens with zero attached hydrogens (tertiary/aromatic N) is 1. The molecule has 0 fully saturated rings. The fourth-order valence-electron chi connectivity index (χ4n) is 0.857. The number of hydrogen-bond donors (Lipinski definition) is 1. The Morgan fingerprint density at radius 2 is 2.23 bits per heavy atom. The van der Waals surface area contributed by atoms with E-state index >= 15 is 0 Å². The number of ether oxygens (including phenoxy) is 1. The van der Waals surface area contributed by atoms with Crippen molar-refractivity contribution in [3.8, 4) is 6.07 Å². The topological polar surface area (TPSA) is 45.0 Å². The Morgan fingerprint density at radius 1 is 1.46 bits per heavy atom. The molecule has 0 radical (unpaired) electrons. The number of unbranched alkanes of at least 4 members (excludes halogenated alkanes) is 1. The van der Waals surface area contributed by atoms with Gasteiger partial charge in [0.1, 0.15) is 0 Å². The summed E-state index contributed by atoms with van der Waals surface area (Å²) < 4.78 is 5.34. The normalized spacial score (nSPS) is 12.4. The van der Waals surface area contributed by atoms with Gasteiger partial charge in [-0.2, -0.15) is 5.26 Å². The van der Waals surface area contributed by atoms with Crippen LogP contribution in [-0.2, 0) is 4.74 Å². The Labute approximate surface area is 81.1 Å². The Balaban J connectivity index is 2.96. The standard InChI is InChI=1S/C10H20N2O/c1-3-4-6-13-7-5-12-9-10(2)8-11/h10,12H,3-7,9H2,1-2H3. The van der Waals surface area contributed by atoms with Gasteiger partial charge in [-0.25, -0.2) is 0 Å². The monoisotopic (exact) mass is 184 g/mol. The van der Waals surface area contributed by atoms with E-state index in [1.807, 2.05) is 6.92 Å². The van der Waals surface area contributed by atoms with Crippen LogP contribution in [0.2, 0.25) is 0 Å². The lowest BCUT2D eigenvalue weighted by Gasteiger charge is -2.06. The van der Waals surface area contributed by atoms with Crippen LogP contribution in [0.5, 0.6) is 0 Å². The van der Waals surface area contributed by atoms with Crippen molar-refractivity contribution in [1.82, 2.24) is 5.32 Å². The molecule has 0 spiro atoms. The van der Waals surface area contributed by atoms with Crippen molar-refractivity contribution in [2.75, 3.05) is 26.3 Å². The highest BCUT2D eigenvalue weighted by molar-refractivity contribution is 4.79. The van der Waals surface area contributed by atoms with Crippen molar-refractivity contribution in [3.05, 3.63) is 0 Å². The van der Waals surface area contributed by atoms with Gasteiger partial charge in [-0.05, 0) is 13.3 Å². The maximum atomic E-state index is 8.49. The molecule has 13 heavy (non-hydrogen) atoms. The van der Waals surface area contributed by atoms with E-state index in [0.717, 1.165) is 32.7 Å². The molecular formula is C10H20N2O. The molecule has 0 aliphatic rings. The lowest BCUT2D eigenvalue weighted by molar-refractivity contribution is 0.133. The van der Waals surface area contributed by atoms with E-state index in [2.05, 4.69) is 18.3 Å². The van der Waals surface area contributed by atoms with E-state index in [1.54, 1.807) is 0 Å². The number of nitrogens with one attached hydrogen (secondary N) is 1. The van der Waals surface area contributed by atoms with Crippen molar-refractivity contribution < 1.29 is 4.74 Å². The molecule has 0 bridgehead atoms. The Bertz CT molecular complexity index is 142. The highest BCUT2D eigenvalue weighted by Crippen LogP contribution is 1.88. The third-order valence-electron chi connectivity index (χ3n) is 1.74. The zero-order valence-electron chi connectivity index (χ0n) is 8.68. The first-order valence-electron chi connectivity index (χ1n) is 4.99. The fourth-order valence-corrected chi connectivity index (χ4v) is 0.857. The van der Waals surface area contributed by atoms with Crippen molar-refractivity contribution in [2.24, 2.45) is 5.92 Å². The minimum atomic E-state index is 0.0932. The van der Waals surface area contributed by atoms with Gasteiger partial charge in [-0.15, -0.1) is 0 Å². The van der Waals surface area contributed by atoms with Crippen molar-refractivity contribution >= 4 is 0 Å². The van der Waals surface area contributed by atoms with Gasteiger partial charge >= 0.3 is 0 Å². The average molecular weight is 184 g/mol. The Morgan fingerprint density at radius 3 is 2.85 bits per heavy atom. The van der Waals surface area contributed by atoms with Crippen LogP contribution in [0.4, 0.5) is 0 Å². The van der Waals surface area contributed by atoms with Gasteiger partial charge in [-0.3, -0.25) is 0 Å². The van der Waals surface area contributed by atoms with E-state index in [0.29, 0.717) is 0 Å². The number of nitriles is 1. The van der Waals surface area contributed by atoms with Gasteiger partial charge in [0.2, 0.25) is 0 Å². The van der Waals surface area contributed by atoms with Gasteiger partial charge in [-0.1, -0.05) is 13.3 Å². The summed E-state index contributed by atoms with van der Waals surface area (Å²) in [5, 5.41) is 11.7. The van der Waals surface area contributed by atoms with E-state index in [9.17, 15) is 0 Å². The highest BCUT2D eigenvalue weighted by Gasteiger charge is 1.96. The Kier molecular flexibility index (Phi) is 9.07. The van der Waals surface area contributed by atoms with Gasteiger partial charge in [0.15, 0.2) is 0 Å². The molecule has 1 atom stereocenters. The number of rotatable bonds is 8. The number of hydrogen-bond acceptors (Lipinski definition) is 3. The molecule has 0 aliphatic heterocycles. The molecule has 0 saturated carbocycles. The molecule has 0 aromatic carbocycles. The average Bonchev–Trinajstić information content (AvgIpc) is 2.16. The second kappa shape index (κ2) is 9.50. The lowest BCUT2D eigenvalue weighted by atomic mass is 10.2. The van der Waals surface area contributed by atoms with E-state index in [4.69, 9.17) is 10.00 Å². The molecular weight excluding hydrogens is 164 g/mol. The molecule has 1 N–H and O–H groups in total. The van der Waals surface area contributed by atoms with E-state index < -0.39 is 0 Å². The molecule has 3 heteroatoms. The summed E-state index contributed by atoms with van der Waals surface area (Å²) in [6.07, 6.45) is 2.31.